The van der Waals surface area contributed by atoms with Crippen molar-refractivity contribution in [3.05, 3.63) is 120 Å². The van der Waals surface area contributed by atoms with Gasteiger partial charge in [-0.15, -0.1) is 0 Å². The van der Waals surface area contributed by atoms with Crippen LogP contribution < -0.4 is 19.7 Å². The Morgan fingerprint density at radius 1 is 0.897 bits per heavy atom. The van der Waals surface area contributed by atoms with Crippen LogP contribution in [-0.4, -0.2) is 37.9 Å². The van der Waals surface area contributed by atoms with Gasteiger partial charge in [0.2, 0.25) is 10.0 Å². The quantitative estimate of drug-likeness (QED) is 0.350. The van der Waals surface area contributed by atoms with Gasteiger partial charge in [0.05, 0.1) is 29.2 Å². The molecular weight excluding hydrogens is 516 g/mol. The summed E-state index contributed by atoms with van der Waals surface area (Å²) in [5.74, 6) is -0.895. The second-order valence-electron chi connectivity index (χ2n) is 8.93. The van der Waals surface area contributed by atoms with E-state index in [0.29, 0.717) is 11.3 Å². The minimum atomic E-state index is -3.84. The number of nitrogens with one attached hydrogen (secondary N) is 2. The van der Waals surface area contributed by atoms with Crippen molar-refractivity contribution in [2.45, 2.75) is 18.4 Å². The predicted octanol–water partition coefficient (Wildman–Crippen LogP) is 3.75. The molecule has 2 N–H and O–H groups in total. The molecule has 10 heteroatoms. The molecule has 3 aromatic carbocycles. The molecule has 1 aliphatic heterocycles. The van der Waals surface area contributed by atoms with Crippen LogP contribution in [0.1, 0.15) is 21.5 Å². The highest BCUT2D eigenvalue weighted by atomic mass is 32.2. The van der Waals surface area contributed by atoms with Gasteiger partial charge in [0.1, 0.15) is 5.75 Å². The van der Waals surface area contributed by atoms with E-state index in [9.17, 15) is 18.0 Å². The molecule has 0 bridgehead atoms. The summed E-state index contributed by atoms with van der Waals surface area (Å²) < 4.78 is 34.1. The van der Waals surface area contributed by atoms with Gasteiger partial charge < -0.3 is 15.4 Å². The molecule has 39 heavy (non-hydrogen) atoms. The number of pyridine rings is 1. The Morgan fingerprint density at radius 3 is 2.41 bits per heavy atom. The largest absolute Gasteiger partial charge is 0.476 e. The highest BCUT2D eigenvalue weighted by Gasteiger charge is 2.37. The lowest BCUT2D eigenvalue weighted by atomic mass is 10.1. The first-order chi connectivity index (χ1) is 18.9. The van der Waals surface area contributed by atoms with Crippen molar-refractivity contribution in [1.82, 2.24) is 10.3 Å². The Balaban J connectivity index is 1.34. The number of carbonyl (C=O) groups excluding carboxylic acids is 2. The molecule has 0 saturated carbocycles. The van der Waals surface area contributed by atoms with E-state index in [0.717, 1.165) is 5.56 Å². The molecule has 1 aliphatic rings. The van der Waals surface area contributed by atoms with Gasteiger partial charge in [-0.05, 0) is 41.5 Å². The molecule has 0 spiro atoms. The van der Waals surface area contributed by atoms with E-state index in [1.54, 1.807) is 91.3 Å². The molecule has 198 valence electrons. The smallest absolute Gasteiger partial charge is 0.267 e. The van der Waals surface area contributed by atoms with E-state index in [4.69, 9.17) is 4.74 Å². The molecule has 0 saturated heterocycles. The number of nitrogens with zero attached hydrogens (tertiary/aromatic N) is 2. The molecule has 9 nitrogen and oxygen atoms in total. The summed E-state index contributed by atoms with van der Waals surface area (Å²) in [6.07, 6.45) is 2.16. The molecule has 4 aromatic rings. The third kappa shape index (κ3) is 6.07. The SMILES string of the molecule is O=C(NCc1cccnc1)c1ccccc1NC(=O)[C@H]1CN(S(=O)(=O)Cc2ccccc2)c2ccccc2O1. The summed E-state index contributed by atoms with van der Waals surface area (Å²) in [7, 11) is -3.84. The number of carbonyl (C=O) groups is 2. The summed E-state index contributed by atoms with van der Waals surface area (Å²) in [4.78, 5) is 30.3. The van der Waals surface area contributed by atoms with E-state index < -0.39 is 22.0 Å². The van der Waals surface area contributed by atoms with E-state index in [2.05, 4.69) is 15.6 Å². The third-order valence-corrected chi connectivity index (χ3v) is 7.88. The van der Waals surface area contributed by atoms with Gasteiger partial charge >= 0.3 is 0 Å². The van der Waals surface area contributed by atoms with E-state index in [1.807, 2.05) is 12.1 Å². The van der Waals surface area contributed by atoms with Crippen molar-refractivity contribution in [1.29, 1.82) is 0 Å². The lowest BCUT2D eigenvalue weighted by molar-refractivity contribution is -0.122. The van der Waals surface area contributed by atoms with Crippen LogP contribution >= 0.6 is 0 Å². The minimum Gasteiger partial charge on any atom is -0.476 e. The van der Waals surface area contributed by atoms with Gasteiger partial charge in [0, 0.05) is 18.9 Å². The summed E-state index contributed by atoms with van der Waals surface area (Å²) >= 11 is 0. The van der Waals surface area contributed by atoms with Gasteiger partial charge in [-0.3, -0.25) is 18.9 Å². The number of amides is 2. The topological polar surface area (TPSA) is 118 Å². The van der Waals surface area contributed by atoms with Crippen LogP contribution in [0.25, 0.3) is 0 Å². The first kappa shape index (κ1) is 25.9. The van der Waals surface area contributed by atoms with Crippen molar-refractivity contribution < 1.29 is 22.7 Å². The highest BCUT2D eigenvalue weighted by molar-refractivity contribution is 7.92. The maximum Gasteiger partial charge on any atom is 0.267 e. The highest BCUT2D eigenvalue weighted by Crippen LogP contribution is 2.36. The zero-order chi connectivity index (χ0) is 27.2. The summed E-state index contributed by atoms with van der Waals surface area (Å²) in [6.45, 7) is 0.0547. The van der Waals surface area contributed by atoms with Crippen LogP contribution in [0, 0.1) is 0 Å². The van der Waals surface area contributed by atoms with E-state index >= 15 is 0 Å². The lowest BCUT2D eigenvalue weighted by Gasteiger charge is -2.34. The maximum absolute atomic E-state index is 13.5. The normalized spacial score (nSPS) is 14.6. The van der Waals surface area contributed by atoms with Gasteiger partial charge in [-0.1, -0.05) is 60.7 Å². The Morgan fingerprint density at radius 2 is 1.62 bits per heavy atom. The van der Waals surface area contributed by atoms with Crippen LogP contribution in [0.5, 0.6) is 5.75 Å². The average molecular weight is 543 g/mol. The molecule has 2 amide bonds. The van der Waals surface area contributed by atoms with Crippen molar-refractivity contribution in [3.63, 3.8) is 0 Å². The van der Waals surface area contributed by atoms with Crippen LogP contribution in [-0.2, 0) is 27.1 Å². The molecule has 0 unspecified atom stereocenters. The van der Waals surface area contributed by atoms with Crippen LogP contribution in [0.2, 0.25) is 0 Å². The maximum atomic E-state index is 13.5. The molecular formula is C29H26N4O5S. The summed E-state index contributed by atoms with van der Waals surface area (Å²) in [6, 6.07) is 25.8. The van der Waals surface area contributed by atoms with Gasteiger partial charge in [-0.2, -0.15) is 0 Å². The molecule has 1 atom stereocenters. The van der Waals surface area contributed by atoms with Crippen molar-refractivity contribution >= 4 is 33.2 Å². The Kier molecular flexibility index (Phi) is 7.55. The molecule has 2 heterocycles. The van der Waals surface area contributed by atoms with Gasteiger partial charge in [0.25, 0.3) is 11.8 Å². The first-order valence-electron chi connectivity index (χ1n) is 12.3. The number of hydrogen-bond acceptors (Lipinski definition) is 6. The minimum absolute atomic E-state index is 0.215. The predicted molar refractivity (Wildman–Crippen MR) is 148 cm³/mol. The van der Waals surface area contributed by atoms with E-state index in [1.165, 1.54) is 4.31 Å². The number of hydrogen-bond donors (Lipinski definition) is 2. The van der Waals surface area contributed by atoms with Crippen molar-refractivity contribution in [2.24, 2.45) is 0 Å². The second-order valence-corrected chi connectivity index (χ2v) is 10.8. The number of fused-ring (bicyclic) bond motifs is 1. The molecule has 0 aliphatic carbocycles. The number of anilines is 2. The van der Waals surface area contributed by atoms with E-state index in [-0.39, 0.29) is 41.7 Å². The van der Waals surface area contributed by atoms with Gasteiger partial charge in [-0.25, -0.2) is 8.42 Å². The number of ether oxygens (including phenoxy) is 1. The zero-order valence-electron chi connectivity index (χ0n) is 20.9. The zero-order valence-corrected chi connectivity index (χ0v) is 21.7. The van der Waals surface area contributed by atoms with Crippen LogP contribution in [0.3, 0.4) is 0 Å². The fourth-order valence-corrected chi connectivity index (χ4v) is 5.83. The average Bonchev–Trinajstić information content (AvgIpc) is 2.96. The second kappa shape index (κ2) is 11.4. The third-order valence-electron chi connectivity index (χ3n) is 6.16. The fraction of sp³-hybridized carbons (Fsp3) is 0.138. The van der Waals surface area contributed by atoms with Crippen LogP contribution in [0.4, 0.5) is 11.4 Å². The molecule has 5 rings (SSSR count). The summed E-state index contributed by atoms with van der Waals surface area (Å²) in [5.41, 5.74) is 2.38. The monoisotopic (exact) mass is 542 g/mol. The Bertz CT molecular complexity index is 1580. The standard InChI is InChI=1S/C29H26N4O5S/c34-28(31-18-22-11-8-16-30-17-22)23-12-4-5-13-24(23)32-29(35)27-19-33(25-14-6-7-15-26(25)38-27)39(36,37)20-21-9-2-1-3-10-21/h1-17,27H,18-20H2,(H,31,34)(H,32,35)/t27-/m1/s1. The fourth-order valence-electron chi connectivity index (χ4n) is 4.25. The van der Waals surface area contributed by atoms with Crippen molar-refractivity contribution in [3.8, 4) is 5.75 Å². The number of para-hydroxylation sites is 3. The molecule has 0 fully saturated rings. The number of sulfonamides is 1. The first-order valence-corrected chi connectivity index (χ1v) is 13.9. The van der Waals surface area contributed by atoms with Gasteiger partial charge in [0.15, 0.2) is 6.10 Å². The Labute approximate surface area is 226 Å². The summed E-state index contributed by atoms with van der Waals surface area (Å²) in [5, 5.41) is 5.58. The number of benzene rings is 3. The Hall–Kier alpha value is -4.70. The molecule has 0 radical (unpaired) electrons. The van der Waals surface area contributed by atoms with Crippen LogP contribution in [0.15, 0.2) is 103 Å². The number of aromatic nitrogens is 1. The molecule has 1 aromatic heterocycles. The number of rotatable bonds is 8. The van der Waals surface area contributed by atoms with Crippen molar-refractivity contribution in [2.75, 3.05) is 16.2 Å². The lowest BCUT2D eigenvalue weighted by Crippen LogP contribution is -2.49.